The fourth-order valence-corrected chi connectivity index (χ4v) is 13.0. The normalized spacial score (nSPS) is 11.7. The van der Waals surface area contributed by atoms with E-state index in [4.69, 9.17) is 4.74 Å². The summed E-state index contributed by atoms with van der Waals surface area (Å²) in [5, 5.41) is 10.1. The molecular weight excluding hydrogens is 1060 g/mol. The summed E-state index contributed by atoms with van der Waals surface area (Å²) in [6.45, 7) is 6.89. The van der Waals surface area contributed by atoms with Crippen molar-refractivity contribution in [3.05, 3.63) is 289 Å². The van der Waals surface area contributed by atoms with Crippen LogP contribution in [0.15, 0.2) is 272 Å². The monoisotopic (exact) mass is 1120 g/mol. The third-order valence-corrected chi connectivity index (χ3v) is 17.3. The van der Waals surface area contributed by atoms with E-state index in [2.05, 4.69) is 297 Å². The van der Waals surface area contributed by atoms with Crippen LogP contribution in [0.1, 0.15) is 36.0 Å². The number of benzene rings is 12. The zero-order valence-corrected chi connectivity index (χ0v) is 47.3. The Morgan fingerprint density at radius 1 is 0.366 bits per heavy atom. The van der Waals surface area contributed by atoms with E-state index in [1.54, 1.807) is 0 Å². The molecule has 0 radical (unpaired) electrons. The first-order chi connectivity index (χ1) is 40.5. The van der Waals surface area contributed by atoms with Gasteiger partial charge in [-0.25, -0.2) is 0 Å². The predicted molar refractivity (Wildman–Crippen MR) is 351 cm³/mol. The quantitative estimate of drug-likeness (QED) is 0.0848. The molecule has 0 N–H and O–H groups in total. The Morgan fingerprint density at radius 2 is 0.805 bits per heavy atom. The van der Waals surface area contributed by atoms with Crippen LogP contribution >= 0.6 is 15.9 Å². The molecule has 2 aromatic heterocycles. The SMILES string of the molecule is C=Cc1ccc(COCc2ccc(N(c3ccc(-c4ccccc4)cc3)c3ccc(-c4ccc5c(c4)c4ccccc4n5CCCCCn4c5ccccc5c5cc(-c6ccc(Br)c7ccccc67)ccc54)c4ccccc34)cc2)cc1. The van der Waals surface area contributed by atoms with E-state index in [9.17, 15) is 0 Å². The number of aryl methyl sites for hydroxylation is 2. The van der Waals surface area contributed by atoms with Gasteiger partial charge in [0.1, 0.15) is 0 Å². The van der Waals surface area contributed by atoms with Gasteiger partial charge in [-0.05, 0) is 158 Å². The van der Waals surface area contributed by atoms with E-state index < -0.39 is 0 Å². The highest BCUT2D eigenvalue weighted by molar-refractivity contribution is 9.10. The van der Waals surface area contributed by atoms with Gasteiger partial charge in [0.15, 0.2) is 0 Å². The minimum absolute atomic E-state index is 0.523. The summed E-state index contributed by atoms with van der Waals surface area (Å²) >= 11 is 3.79. The number of aromatic nitrogens is 2. The number of halogens is 1. The van der Waals surface area contributed by atoms with Crippen molar-refractivity contribution in [1.29, 1.82) is 0 Å². The first-order valence-corrected chi connectivity index (χ1v) is 29.4. The summed E-state index contributed by atoms with van der Waals surface area (Å²) in [5.74, 6) is 0. The number of ether oxygens (including phenoxy) is 1. The lowest BCUT2D eigenvalue weighted by atomic mass is 9.95. The maximum atomic E-state index is 6.21. The summed E-state index contributed by atoms with van der Waals surface area (Å²) in [6.07, 6.45) is 5.18. The minimum atomic E-state index is 0.523. The molecule has 4 nitrogen and oxygen atoms in total. The topological polar surface area (TPSA) is 22.3 Å². The molecule has 0 saturated carbocycles. The number of anilines is 3. The van der Waals surface area contributed by atoms with Gasteiger partial charge >= 0.3 is 0 Å². The van der Waals surface area contributed by atoms with E-state index in [-0.39, 0.29) is 0 Å². The highest BCUT2D eigenvalue weighted by atomic mass is 79.9. The molecule has 396 valence electrons. The third kappa shape index (κ3) is 9.66. The molecule has 0 spiro atoms. The lowest BCUT2D eigenvalue weighted by molar-refractivity contribution is 0.107. The van der Waals surface area contributed by atoms with Gasteiger partial charge in [-0.2, -0.15) is 0 Å². The molecule has 0 bridgehead atoms. The van der Waals surface area contributed by atoms with E-state index >= 15 is 0 Å². The van der Waals surface area contributed by atoms with Crippen molar-refractivity contribution in [2.45, 2.75) is 45.6 Å². The largest absolute Gasteiger partial charge is 0.372 e. The average Bonchev–Trinajstić information content (AvgIpc) is 4.14. The fourth-order valence-electron chi connectivity index (χ4n) is 12.5. The zero-order valence-electron chi connectivity index (χ0n) is 45.7. The van der Waals surface area contributed by atoms with Crippen LogP contribution in [0.4, 0.5) is 17.1 Å². The van der Waals surface area contributed by atoms with E-state index in [1.807, 2.05) is 6.08 Å². The molecule has 14 rings (SSSR count). The van der Waals surface area contributed by atoms with Crippen molar-refractivity contribution < 1.29 is 4.74 Å². The summed E-state index contributed by atoms with van der Waals surface area (Å²) in [4.78, 5) is 2.40. The van der Waals surface area contributed by atoms with Gasteiger partial charge in [-0.1, -0.05) is 217 Å². The summed E-state index contributed by atoms with van der Waals surface area (Å²) in [7, 11) is 0. The van der Waals surface area contributed by atoms with E-state index in [0.717, 1.165) is 70.6 Å². The zero-order chi connectivity index (χ0) is 54.9. The molecule has 0 unspecified atom stereocenters. The third-order valence-electron chi connectivity index (χ3n) is 16.6. The Morgan fingerprint density at radius 3 is 1.38 bits per heavy atom. The highest BCUT2D eigenvalue weighted by Crippen LogP contribution is 2.44. The molecule has 0 fully saturated rings. The van der Waals surface area contributed by atoms with Crippen LogP contribution < -0.4 is 4.90 Å². The second-order valence-electron chi connectivity index (χ2n) is 21.5. The number of rotatable bonds is 17. The number of fused-ring (bicyclic) bond motifs is 8. The summed E-state index contributed by atoms with van der Waals surface area (Å²) < 4.78 is 12.4. The molecule has 14 aromatic rings. The molecule has 0 aliphatic rings. The standard InChI is InChI=1S/C77H60BrN3O/c1-2-53-27-29-54(30-28-53)51-82-52-55-31-37-60(38-32-55)81(61-39-33-57(34-40-61)56-17-5-3-6-18-56)77-46-42-63(65-20-8-10-22-67(65)77)59-36-45-76-71(50-59)69-24-12-14-26-74(69)80(76)48-16-4-15-47-79-73-25-13-11-23-68(73)70-49-58(35-44-75(70)79)62-41-43-72(78)66-21-9-7-19-64(62)66/h2-3,5-14,17-46,49-50H,1,4,15-16,47-48,51-52H2. The molecule has 0 saturated heterocycles. The van der Waals surface area contributed by atoms with Gasteiger partial charge in [0, 0.05) is 77.9 Å². The van der Waals surface area contributed by atoms with Gasteiger partial charge in [0.2, 0.25) is 0 Å². The summed E-state index contributed by atoms with van der Waals surface area (Å²) in [6, 6.07) is 95.5. The lowest BCUT2D eigenvalue weighted by Crippen LogP contribution is -2.11. The Hall–Kier alpha value is -9.26. The maximum absolute atomic E-state index is 6.21. The maximum Gasteiger partial charge on any atom is 0.0721 e. The first kappa shape index (κ1) is 50.9. The Balaban J connectivity index is 0.733. The number of hydrogen-bond acceptors (Lipinski definition) is 2. The van der Waals surface area contributed by atoms with E-state index in [1.165, 1.54) is 98.5 Å². The van der Waals surface area contributed by atoms with Crippen LogP contribution in [0.25, 0.3) is 105 Å². The fraction of sp³-hybridized carbons (Fsp3) is 0.0909. The number of nitrogens with zero attached hydrogens (tertiary/aromatic N) is 3. The molecule has 12 aromatic carbocycles. The second kappa shape index (κ2) is 22.3. The van der Waals surface area contributed by atoms with Crippen LogP contribution in [0.2, 0.25) is 0 Å². The average molecular weight is 1120 g/mol. The second-order valence-corrected chi connectivity index (χ2v) is 22.4. The van der Waals surface area contributed by atoms with E-state index in [0.29, 0.717) is 13.2 Å². The molecule has 0 atom stereocenters. The van der Waals surface area contributed by atoms with Crippen molar-refractivity contribution in [3.8, 4) is 33.4 Å². The van der Waals surface area contributed by atoms with Crippen LogP contribution in [-0.2, 0) is 31.0 Å². The summed E-state index contributed by atoms with van der Waals surface area (Å²) in [5.41, 5.74) is 19.1. The number of unbranched alkanes of at least 4 members (excludes halogenated alkanes) is 2. The van der Waals surface area contributed by atoms with Gasteiger partial charge in [0.05, 0.1) is 18.9 Å². The van der Waals surface area contributed by atoms with Crippen molar-refractivity contribution in [2.24, 2.45) is 0 Å². The van der Waals surface area contributed by atoms with Crippen molar-refractivity contribution in [3.63, 3.8) is 0 Å². The molecule has 2 heterocycles. The minimum Gasteiger partial charge on any atom is -0.372 e. The van der Waals surface area contributed by atoms with Crippen LogP contribution in [-0.4, -0.2) is 9.13 Å². The van der Waals surface area contributed by atoms with Gasteiger partial charge in [0.25, 0.3) is 0 Å². The van der Waals surface area contributed by atoms with Gasteiger partial charge in [-0.3, -0.25) is 0 Å². The van der Waals surface area contributed by atoms with Crippen molar-refractivity contribution in [2.75, 3.05) is 4.90 Å². The molecular formula is C77H60BrN3O. The highest BCUT2D eigenvalue weighted by Gasteiger charge is 2.20. The smallest absolute Gasteiger partial charge is 0.0721 e. The molecule has 0 aliphatic heterocycles. The number of para-hydroxylation sites is 2. The van der Waals surface area contributed by atoms with Crippen molar-refractivity contribution >= 4 is 104 Å². The van der Waals surface area contributed by atoms with Gasteiger partial charge < -0.3 is 18.8 Å². The Labute approximate surface area is 487 Å². The molecule has 0 aliphatic carbocycles. The molecule has 0 amide bonds. The number of hydrogen-bond donors (Lipinski definition) is 0. The first-order valence-electron chi connectivity index (χ1n) is 28.6. The Kier molecular flexibility index (Phi) is 13.9. The van der Waals surface area contributed by atoms with Crippen LogP contribution in [0, 0.1) is 0 Å². The molecule has 82 heavy (non-hydrogen) atoms. The van der Waals surface area contributed by atoms with Crippen molar-refractivity contribution in [1.82, 2.24) is 9.13 Å². The van der Waals surface area contributed by atoms with Gasteiger partial charge in [-0.15, -0.1) is 0 Å². The predicted octanol–water partition coefficient (Wildman–Crippen LogP) is 21.7. The lowest BCUT2D eigenvalue weighted by Gasteiger charge is -2.28. The Bertz CT molecular complexity index is 4650. The van der Waals surface area contributed by atoms with Crippen LogP contribution in [0.5, 0.6) is 0 Å². The molecule has 5 heteroatoms. The van der Waals surface area contributed by atoms with Crippen LogP contribution in [0.3, 0.4) is 0 Å².